The Balaban J connectivity index is 1.21. The van der Waals surface area contributed by atoms with Crippen molar-refractivity contribution in [3.05, 3.63) is 62.3 Å². The summed E-state index contributed by atoms with van der Waals surface area (Å²) in [6, 6.07) is 6.93. The average molecular weight is 584 g/mol. The fourth-order valence-corrected chi connectivity index (χ4v) is 4.80. The Morgan fingerprint density at radius 3 is 2.50 bits per heavy atom. The van der Waals surface area contributed by atoms with Gasteiger partial charge in [-0.2, -0.15) is 0 Å². The third-order valence-corrected chi connectivity index (χ3v) is 7.04. The van der Waals surface area contributed by atoms with Crippen LogP contribution in [-0.2, 0) is 25.5 Å². The molecule has 2 aromatic heterocycles. The number of amides is 1. The fourth-order valence-electron chi connectivity index (χ4n) is 4.80. The number of hydrogen-bond acceptors (Lipinski definition) is 11. The van der Waals surface area contributed by atoms with Crippen molar-refractivity contribution in [3.63, 3.8) is 0 Å². The third-order valence-electron chi connectivity index (χ3n) is 7.04. The molecule has 2 heterocycles. The van der Waals surface area contributed by atoms with Crippen molar-refractivity contribution in [2.45, 2.75) is 52.2 Å². The molecule has 0 spiro atoms. The Morgan fingerprint density at radius 1 is 1.14 bits per heavy atom. The van der Waals surface area contributed by atoms with E-state index in [9.17, 15) is 29.4 Å². The highest BCUT2D eigenvalue weighted by molar-refractivity contribution is 5.86. The molecule has 4 rings (SSSR count). The second kappa shape index (κ2) is 13.0. The highest BCUT2D eigenvalue weighted by Crippen LogP contribution is 2.30. The van der Waals surface area contributed by atoms with Crippen molar-refractivity contribution in [1.29, 1.82) is 0 Å². The number of aryl methyl sites for hydroxylation is 1. The van der Waals surface area contributed by atoms with Gasteiger partial charge in [-0.15, -0.1) is 4.73 Å². The summed E-state index contributed by atoms with van der Waals surface area (Å²) in [4.78, 5) is 56.9. The summed E-state index contributed by atoms with van der Waals surface area (Å²) in [5.74, 6) is -2.23. The molecule has 15 heteroatoms. The van der Waals surface area contributed by atoms with Crippen LogP contribution in [0.1, 0.15) is 43.7 Å². The van der Waals surface area contributed by atoms with Gasteiger partial charge >= 0.3 is 17.8 Å². The topological polar surface area (TPSA) is 215 Å². The van der Waals surface area contributed by atoms with Gasteiger partial charge in [0.25, 0.3) is 0 Å². The molecule has 1 amide bonds. The normalized spacial score (nSPS) is 17.1. The van der Waals surface area contributed by atoms with E-state index in [2.05, 4.69) is 20.2 Å². The first-order valence-electron chi connectivity index (χ1n) is 13.1. The second-order valence-electron chi connectivity index (χ2n) is 9.87. The summed E-state index contributed by atoms with van der Waals surface area (Å²) in [5, 5.41) is 26.0. The van der Waals surface area contributed by atoms with E-state index in [-0.39, 0.29) is 29.4 Å². The number of rotatable bonds is 9. The van der Waals surface area contributed by atoms with Crippen molar-refractivity contribution in [2.75, 3.05) is 6.54 Å². The fraction of sp³-hybridized carbons (Fsp3) is 0.407. The molecule has 15 nitrogen and oxygen atoms in total. The molecule has 1 atom stereocenters. The van der Waals surface area contributed by atoms with Crippen LogP contribution in [0, 0.1) is 18.8 Å². The minimum absolute atomic E-state index is 0.122. The predicted molar refractivity (Wildman–Crippen MR) is 145 cm³/mol. The smallest absolute Gasteiger partial charge is 0.492 e. The van der Waals surface area contributed by atoms with Crippen LogP contribution in [0.5, 0.6) is 11.8 Å². The van der Waals surface area contributed by atoms with E-state index in [1.807, 2.05) is 0 Å². The van der Waals surface area contributed by atoms with Gasteiger partial charge in [0, 0.05) is 41.6 Å². The molecule has 0 aliphatic heterocycles. The van der Waals surface area contributed by atoms with Crippen LogP contribution in [0.2, 0.25) is 0 Å². The van der Waals surface area contributed by atoms with Crippen LogP contribution in [-0.4, -0.2) is 45.8 Å². The van der Waals surface area contributed by atoms with Gasteiger partial charge in [0.1, 0.15) is 5.58 Å². The zero-order chi connectivity index (χ0) is 30.4. The lowest BCUT2D eigenvalue weighted by Gasteiger charge is -2.28. The first-order valence-corrected chi connectivity index (χ1v) is 13.1. The van der Waals surface area contributed by atoms with Crippen LogP contribution in [0.25, 0.3) is 21.4 Å². The van der Waals surface area contributed by atoms with E-state index in [1.54, 1.807) is 19.1 Å². The van der Waals surface area contributed by atoms with Gasteiger partial charge < -0.3 is 29.4 Å². The molecule has 1 aliphatic rings. The van der Waals surface area contributed by atoms with Crippen molar-refractivity contribution in [2.24, 2.45) is 17.0 Å². The van der Waals surface area contributed by atoms with Crippen LogP contribution >= 0.6 is 0 Å². The molecule has 1 aromatic carbocycles. The number of aromatic hydroxyl groups is 2. The maximum atomic E-state index is 12.7. The SMILES string of the molecule is Cc1c(CC(=O)NCC2CCC(C(=O)OC(C)OC(=O)On3c(O)ccc3O)CC2)c(=O)oc2cc(N=[N+]=[N-])ccc12. The van der Waals surface area contributed by atoms with Gasteiger partial charge in [-0.3, -0.25) is 14.4 Å². The first-order chi connectivity index (χ1) is 20.0. The Morgan fingerprint density at radius 2 is 1.83 bits per heavy atom. The zero-order valence-electron chi connectivity index (χ0n) is 22.8. The highest BCUT2D eigenvalue weighted by atomic mass is 16.9. The predicted octanol–water partition coefficient (Wildman–Crippen LogP) is 3.88. The number of hydrogen-bond donors (Lipinski definition) is 3. The molecule has 0 saturated heterocycles. The van der Waals surface area contributed by atoms with Crippen molar-refractivity contribution in [3.8, 4) is 11.8 Å². The lowest BCUT2D eigenvalue weighted by molar-refractivity contribution is -0.174. The number of esters is 1. The third kappa shape index (κ3) is 7.12. The van der Waals surface area contributed by atoms with Crippen LogP contribution < -0.4 is 15.8 Å². The number of benzene rings is 1. The van der Waals surface area contributed by atoms with E-state index in [0.29, 0.717) is 53.6 Å². The van der Waals surface area contributed by atoms with E-state index >= 15 is 0 Å². The van der Waals surface area contributed by atoms with E-state index in [4.69, 9.17) is 19.4 Å². The van der Waals surface area contributed by atoms with Gasteiger partial charge in [-0.25, -0.2) is 9.59 Å². The average Bonchev–Trinajstić information content (AvgIpc) is 3.26. The van der Waals surface area contributed by atoms with E-state index in [0.717, 1.165) is 12.1 Å². The van der Waals surface area contributed by atoms with Crippen LogP contribution in [0.4, 0.5) is 10.5 Å². The number of azide groups is 1. The number of nitrogens with one attached hydrogen (secondary N) is 1. The Hall–Kier alpha value is -5.17. The molecule has 3 N–H and O–H groups in total. The maximum Gasteiger partial charge on any atom is 0.537 e. The monoisotopic (exact) mass is 583 g/mol. The van der Waals surface area contributed by atoms with Gasteiger partial charge in [0.15, 0.2) is 0 Å². The van der Waals surface area contributed by atoms with Gasteiger partial charge in [0.05, 0.1) is 17.9 Å². The minimum Gasteiger partial charge on any atom is -0.492 e. The molecule has 0 bridgehead atoms. The quantitative estimate of drug-likeness (QED) is 0.0825. The minimum atomic E-state index is -1.30. The summed E-state index contributed by atoms with van der Waals surface area (Å²) in [7, 11) is 0. The summed E-state index contributed by atoms with van der Waals surface area (Å²) in [6.07, 6.45) is -0.422. The highest BCUT2D eigenvalue weighted by Gasteiger charge is 2.30. The molecule has 42 heavy (non-hydrogen) atoms. The number of nitrogens with zero attached hydrogens (tertiary/aromatic N) is 4. The largest absolute Gasteiger partial charge is 0.537 e. The number of ether oxygens (including phenoxy) is 2. The maximum absolute atomic E-state index is 12.7. The Bertz CT molecular complexity index is 1580. The summed E-state index contributed by atoms with van der Waals surface area (Å²) >= 11 is 0. The Kier molecular flexibility index (Phi) is 9.22. The van der Waals surface area contributed by atoms with E-state index in [1.165, 1.54) is 13.0 Å². The van der Waals surface area contributed by atoms with E-state index < -0.39 is 41.7 Å². The number of fused-ring (bicyclic) bond motifs is 1. The van der Waals surface area contributed by atoms with Gasteiger partial charge in [0.2, 0.25) is 24.0 Å². The van der Waals surface area contributed by atoms with Crippen LogP contribution in [0.15, 0.2) is 44.7 Å². The number of aromatic nitrogens is 1. The number of carbonyl (C=O) groups is 3. The molecule has 222 valence electrons. The lowest BCUT2D eigenvalue weighted by Crippen LogP contribution is -2.35. The standard InChI is InChI=1S/C27H29N5O10/c1-14-19-8-7-18(30-31-28)11-21(19)41-26(37)20(14)12-22(33)29-13-16-3-5-17(6-4-16)25(36)39-15(2)40-27(38)42-32-23(34)9-10-24(32)35/h7-11,15-17,34-35H,3-6,12-13H2,1-2H3,(H,29,33). The Labute approximate surface area is 238 Å². The molecular weight excluding hydrogens is 554 g/mol. The molecule has 1 unspecified atom stereocenters. The molecule has 3 aromatic rings. The molecule has 1 fully saturated rings. The first kappa shape index (κ1) is 29.8. The van der Waals surface area contributed by atoms with Gasteiger partial charge in [-0.05, 0) is 55.7 Å². The molecule has 0 radical (unpaired) electrons. The second-order valence-corrected chi connectivity index (χ2v) is 9.87. The molecule has 1 saturated carbocycles. The van der Waals surface area contributed by atoms with Crippen LogP contribution in [0.3, 0.4) is 0 Å². The number of carbonyl (C=O) groups excluding carboxylic acids is 3. The zero-order valence-corrected chi connectivity index (χ0v) is 22.8. The van der Waals surface area contributed by atoms with Crippen molar-refractivity contribution >= 4 is 34.7 Å². The summed E-state index contributed by atoms with van der Waals surface area (Å²) in [5.41, 5.74) is 9.38. The molecular formula is C27H29N5O10. The summed E-state index contributed by atoms with van der Waals surface area (Å²) in [6.45, 7) is 3.43. The lowest BCUT2D eigenvalue weighted by atomic mass is 9.82. The van der Waals surface area contributed by atoms with Gasteiger partial charge in [-0.1, -0.05) is 17.2 Å². The molecule has 1 aliphatic carbocycles. The van der Waals surface area contributed by atoms with Crippen molar-refractivity contribution < 1.29 is 43.3 Å². The summed E-state index contributed by atoms with van der Waals surface area (Å²) < 4.78 is 15.8. The van der Waals surface area contributed by atoms with Crippen molar-refractivity contribution in [1.82, 2.24) is 10.0 Å².